The Morgan fingerprint density at radius 2 is 1.79 bits per heavy atom. The molecule has 1 aromatic heterocycles. The Morgan fingerprint density at radius 3 is 2.41 bits per heavy atom. The predicted octanol–water partition coefficient (Wildman–Crippen LogP) is 3.65. The van der Waals surface area contributed by atoms with Gasteiger partial charge in [0.2, 0.25) is 10.0 Å². The molecule has 0 amide bonds. The molecular formula is C24H24ClNO7S. The van der Waals surface area contributed by atoms with E-state index in [1.54, 1.807) is 43.3 Å². The summed E-state index contributed by atoms with van der Waals surface area (Å²) in [4.78, 5) is 27.1. The number of Topliss-reactive ketones (excluding diaryl/α,β-unsaturated/α-hetero) is 1. The summed E-state index contributed by atoms with van der Waals surface area (Å²) in [6, 6.07) is 9.68. The summed E-state index contributed by atoms with van der Waals surface area (Å²) in [5, 5.41) is 1.02. The monoisotopic (exact) mass is 505 g/mol. The van der Waals surface area contributed by atoms with Gasteiger partial charge in [0.1, 0.15) is 5.41 Å². The lowest BCUT2D eigenvalue weighted by Gasteiger charge is -2.25. The van der Waals surface area contributed by atoms with Gasteiger partial charge in [-0.3, -0.25) is 9.59 Å². The zero-order chi connectivity index (χ0) is 24.8. The number of ketones is 1. The molecule has 0 aliphatic heterocycles. The summed E-state index contributed by atoms with van der Waals surface area (Å²) < 4.78 is 42.7. The van der Waals surface area contributed by atoms with Crippen LogP contribution in [0, 0.1) is 5.41 Å². The number of hydrogen-bond donors (Lipinski definition) is 0. The van der Waals surface area contributed by atoms with E-state index >= 15 is 0 Å². The number of hydrogen-bond acceptors (Lipinski definition) is 7. The molecule has 3 aromatic rings. The zero-order valence-electron chi connectivity index (χ0n) is 19.2. The van der Waals surface area contributed by atoms with Gasteiger partial charge in [0.25, 0.3) is 0 Å². The molecule has 1 heterocycles. The molecule has 0 spiro atoms. The normalized spacial score (nSPS) is 17.6. The summed E-state index contributed by atoms with van der Waals surface area (Å²) in [5.74, 6) is -0.384. The summed E-state index contributed by atoms with van der Waals surface area (Å²) in [6.45, 7) is 1.72. The summed E-state index contributed by atoms with van der Waals surface area (Å²) in [5.41, 5.74) is -0.0345. The van der Waals surface area contributed by atoms with E-state index < -0.39 is 27.2 Å². The molecule has 8 nitrogen and oxygen atoms in total. The SMILES string of the molecule is CCOC(=O)C1(Cc2cc3cc(Cl)ccc3n2S(C)(=O)=O)Cc2cc(OC)c(OC)cc2C1=O. The number of rotatable bonds is 7. The van der Waals surface area contributed by atoms with E-state index in [1.807, 2.05) is 0 Å². The Morgan fingerprint density at radius 1 is 1.12 bits per heavy atom. The molecule has 2 aromatic carbocycles. The molecule has 0 saturated carbocycles. The van der Waals surface area contributed by atoms with E-state index in [1.165, 1.54) is 14.2 Å². The summed E-state index contributed by atoms with van der Waals surface area (Å²) >= 11 is 6.11. The Labute approximate surface area is 202 Å². The van der Waals surface area contributed by atoms with Crippen LogP contribution in [-0.2, 0) is 32.4 Å². The fourth-order valence-electron chi connectivity index (χ4n) is 4.63. The van der Waals surface area contributed by atoms with Crippen molar-refractivity contribution in [1.29, 1.82) is 0 Å². The fraction of sp³-hybridized carbons (Fsp3) is 0.333. The molecule has 1 aliphatic carbocycles. The second kappa shape index (κ2) is 8.63. The van der Waals surface area contributed by atoms with Crippen molar-refractivity contribution < 1.29 is 32.2 Å². The maximum Gasteiger partial charge on any atom is 0.320 e. The Hall–Kier alpha value is -3.04. The largest absolute Gasteiger partial charge is 0.493 e. The minimum atomic E-state index is -3.77. The first-order valence-corrected chi connectivity index (χ1v) is 12.8. The summed E-state index contributed by atoms with van der Waals surface area (Å²) in [6.07, 6.45) is 0.929. The number of esters is 1. The number of benzene rings is 2. The molecule has 0 N–H and O–H groups in total. The van der Waals surface area contributed by atoms with Gasteiger partial charge in [-0.25, -0.2) is 12.4 Å². The van der Waals surface area contributed by atoms with E-state index in [9.17, 15) is 18.0 Å². The maximum absolute atomic E-state index is 13.8. The van der Waals surface area contributed by atoms with Gasteiger partial charge in [0, 0.05) is 28.1 Å². The maximum atomic E-state index is 13.8. The summed E-state index contributed by atoms with van der Waals surface area (Å²) in [7, 11) is -0.834. The smallest absolute Gasteiger partial charge is 0.320 e. The molecule has 34 heavy (non-hydrogen) atoms. The number of fused-ring (bicyclic) bond motifs is 2. The lowest BCUT2D eigenvalue weighted by molar-refractivity contribution is -0.152. The first-order valence-electron chi connectivity index (χ1n) is 10.5. The van der Waals surface area contributed by atoms with Gasteiger partial charge in [0.15, 0.2) is 17.3 Å². The quantitative estimate of drug-likeness (QED) is 0.357. The Kier molecular flexibility index (Phi) is 6.12. The first-order chi connectivity index (χ1) is 16.1. The molecule has 0 bridgehead atoms. The van der Waals surface area contributed by atoms with E-state index in [2.05, 4.69) is 0 Å². The van der Waals surface area contributed by atoms with E-state index in [0.29, 0.717) is 38.6 Å². The first kappa shape index (κ1) is 24.1. The van der Waals surface area contributed by atoms with Gasteiger partial charge >= 0.3 is 5.97 Å². The molecule has 0 radical (unpaired) electrons. The number of methoxy groups -OCH3 is 2. The number of halogens is 1. The average Bonchev–Trinajstić information content (AvgIpc) is 3.27. The highest BCUT2D eigenvalue weighted by Gasteiger charge is 2.53. The average molecular weight is 506 g/mol. The standard InChI is InChI=1S/C24H24ClNO7S/c1-5-33-23(28)24(12-15-10-20(31-2)21(32-3)11-18(15)22(24)27)13-17-9-14-8-16(25)6-7-19(14)26(17)34(4,29)30/h6-11H,5,12-13H2,1-4H3. The number of aromatic nitrogens is 1. The van der Waals surface area contributed by atoms with Gasteiger partial charge in [0.05, 0.1) is 32.6 Å². The van der Waals surface area contributed by atoms with Crippen LogP contribution in [0.3, 0.4) is 0 Å². The predicted molar refractivity (Wildman–Crippen MR) is 128 cm³/mol. The molecule has 180 valence electrons. The molecule has 1 aliphatic rings. The lowest BCUT2D eigenvalue weighted by Crippen LogP contribution is -2.41. The van der Waals surface area contributed by atoms with E-state index in [4.69, 9.17) is 25.8 Å². The van der Waals surface area contributed by atoms with E-state index in [-0.39, 0.29) is 25.1 Å². The van der Waals surface area contributed by atoms with Crippen molar-refractivity contribution in [3.05, 3.63) is 58.2 Å². The van der Waals surface area contributed by atoms with Gasteiger partial charge in [-0.05, 0) is 55.3 Å². The van der Waals surface area contributed by atoms with Crippen molar-refractivity contribution in [2.24, 2.45) is 5.41 Å². The molecule has 0 fully saturated rings. The third-order valence-electron chi connectivity index (χ3n) is 6.05. The topological polar surface area (TPSA) is 101 Å². The van der Waals surface area contributed by atoms with Crippen LogP contribution in [0.5, 0.6) is 11.5 Å². The highest BCUT2D eigenvalue weighted by atomic mass is 35.5. The van der Waals surface area contributed by atoms with Crippen LogP contribution in [0.1, 0.15) is 28.5 Å². The zero-order valence-corrected chi connectivity index (χ0v) is 20.7. The van der Waals surface area contributed by atoms with Crippen LogP contribution in [0.25, 0.3) is 10.9 Å². The number of nitrogens with zero attached hydrogens (tertiary/aromatic N) is 1. The Balaban J connectivity index is 1.92. The van der Waals surface area contributed by atoms with Crippen molar-refractivity contribution in [2.75, 3.05) is 27.1 Å². The van der Waals surface area contributed by atoms with E-state index in [0.717, 1.165) is 10.2 Å². The number of ether oxygens (including phenoxy) is 3. The minimum Gasteiger partial charge on any atom is -0.493 e. The van der Waals surface area contributed by atoms with Crippen LogP contribution in [-0.4, -0.2) is 51.2 Å². The molecule has 0 saturated heterocycles. The number of carbonyl (C=O) groups excluding carboxylic acids is 2. The van der Waals surface area contributed by atoms with Crippen molar-refractivity contribution >= 4 is 44.3 Å². The fourth-order valence-corrected chi connectivity index (χ4v) is 5.88. The highest BCUT2D eigenvalue weighted by Crippen LogP contribution is 2.45. The second-order valence-electron chi connectivity index (χ2n) is 8.22. The molecule has 1 atom stereocenters. The van der Waals surface area contributed by atoms with Crippen molar-refractivity contribution in [3.8, 4) is 11.5 Å². The van der Waals surface area contributed by atoms with Crippen molar-refractivity contribution in [2.45, 2.75) is 19.8 Å². The van der Waals surface area contributed by atoms with Gasteiger partial charge < -0.3 is 14.2 Å². The van der Waals surface area contributed by atoms with Crippen molar-refractivity contribution in [3.63, 3.8) is 0 Å². The Bertz CT molecular complexity index is 1430. The second-order valence-corrected chi connectivity index (χ2v) is 10.5. The van der Waals surface area contributed by atoms with Crippen LogP contribution in [0.4, 0.5) is 0 Å². The molecule has 1 unspecified atom stereocenters. The van der Waals surface area contributed by atoms with Crippen LogP contribution >= 0.6 is 11.6 Å². The van der Waals surface area contributed by atoms with Crippen molar-refractivity contribution in [1.82, 2.24) is 3.97 Å². The van der Waals surface area contributed by atoms with Gasteiger partial charge in [-0.2, -0.15) is 0 Å². The van der Waals surface area contributed by atoms with Crippen LogP contribution < -0.4 is 9.47 Å². The van der Waals surface area contributed by atoms with Gasteiger partial charge in [-0.15, -0.1) is 0 Å². The number of carbonyl (C=O) groups is 2. The highest BCUT2D eigenvalue weighted by molar-refractivity contribution is 7.89. The van der Waals surface area contributed by atoms with Crippen LogP contribution in [0.2, 0.25) is 5.02 Å². The van der Waals surface area contributed by atoms with Gasteiger partial charge in [-0.1, -0.05) is 11.6 Å². The third kappa shape index (κ3) is 3.82. The lowest BCUT2D eigenvalue weighted by atomic mass is 9.79. The van der Waals surface area contributed by atoms with Crippen LogP contribution in [0.15, 0.2) is 36.4 Å². The molecule has 10 heteroatoms. The molecule has 4 rings (SSSR count). The third-order valence-corrected chi connectivity index (χ3v) is 7.38. The minimum absolute atomic E-state index is 0.0341. The molecular weight excluding hydrogens is 482 g/mol.